The summed E-state index contributed by atoms with van der Waals surface area (Å²) < 4.78 is 6.31. The molecule has 0 spiro atoms. The Kier molecular flexibility index (Phi) is 4.51. The van der Waals surface area contributed by atoms with Gasteiger partial charge in [0, 0.05) is 12.1 Å². The molecular weight excluding hydrogens is 348 g/mol. The van der Waals surface area contributed by atoms with E-state index in [-0.39, 0.29) is 12.5 Å². The van der Waals surface area contributed by atoms with E-state index in [1.807, 2.05) is 60.7 Å². The number of aliphatic hydroxyl groups excluding tert-OH is 1. The molecule has 2 aromatic heterocycles. The number of carbonyl (C=O) groups is 1. The first-order valence-electron chi connectivity index (χ1n) is 8.16. The fourth-order valence-corrected chi connectivity index (χ4v) is 3.55. The molecule has 6 heteroatoms. The van der Waals surface area contributed by atoms with Crippen molar-refractivity contribution < 1.29 is 14.3 Å². The van der Waals surface area contributed by atoms with Crippen LogP contribution in [0.5, 0.6) is 0 Å². The van der Waals surface area contributed by atoms with Crippen molar-refractivity contribution in [2.24, 2.45) is 0 Å². The molecule has 0 radical (unpaired) electrons. The third-order valence-corrected chi connectivity index (χ3v) is 5.08. The molecule has 2 aromatic carbocycles. The minimum absolute atomic E-state index is 0.120. The van der Waals surface area contributed by atoms with Gasteiger partial charge >= 0.3 is 0 Å². The summed E-state index contributed by atoms with van der Waals surface area (Å²) in [6.07, 6.45) is 0.828. The highest BCUT2D eigenvalue weighted by molar-refractivity contribution is 7.20. The summed E-state index contributed by atoms with van der Waals surface area (Å²) >= 11 is 1.34. The lowest BCUT2D eigenvalue weighted by Gasteiger charge is -2.12. The van der Waals surface area contributed by atoms with Crippen LogP contribution in [0, 0.1) is 0 Å². The van der Waals surface area contributed by atoms with Crippen molar-refractivity contribution in [3.8, 4) is 11.3 Å². The van der Waals surface area contributed by atoms with Crippen LogP contribution in [0.15, 0.2) is 71.3 Å². The van der Waals surface area contributed by atoms with E-state index in [1.54, 1.807) is 6.26 Å². The van der Waals surface area contributed by atoms with Gasteiger partial charge in [0.25, 0.3) is 5.91 Å². The van der Waals surface area contributed by atoms with Crippen LogP contribution in [0.1, 0.15) is 21.5 Å². The Morgan fingerprint density at radius 1 is 1.12 bits per heavy atom. The Hall–Kier alpha value is -2.96. The molecule has 26 heavy (non-hydrogen) atoms. The van der Waals surface area contributed by atoms with Gasteiger partial charge in [-0.3, -0.25) is 4.79 Å². The standard InChI is InChI=1S/C20H16N2O3S/c23-16(13-7-9-14(10-8-13)17-5-3-11-25-17)12-21-19(24)20-22-15-4-1-2-6-18(15)26-20/h1-11,16,23H,12H2,(H,21,24). The molecule has 4 aromatic rings. The minimum atomic E-state index is -0.793. The van der Waals surface area contributed by atoms with E-state index in [0.717, 1.165) is 27.1 Å². The van der Waals surface area contributed by atoms with Gasteiger partial charge in [0.1, 0.15) is 5.76 Å². The summed E-state index contributed by atoms with van der Waals surface area (Å²) in [5, 5.41) is 13.5. The number of para-hydroxylation sites is 1. The second-order valence-corrected chi connectivity index (χ2v) is 6.84. The molecule has 0 aliphatic carbocycles. The van der Waals surface area contributed by atoms with E-state index in [9.17, 15) is 9.90 Å². The summed E-state index contributed by atoms with van der Waals surface area (Å²) in [4.78, 5) is 16.6. The highest BCUT2D eigenvalue weighted by Gasteiger charge is 2.14. The number of thiazole rings is 1. The van der Waals surface area contributed by atoms with E-state index >= 15 is 0 Å². The van der Waals surface area contributed by atoms with Crippen molar-refractivity contribution in [1.29, 1.82) is 0 Å². The number of rotatable bonds is 5. The lowest BCUT2D eigenvalue weighted by atomic mass is 10.1. The first-order chi connectivity index (χ1) is 12.7. The Bertz CT molecular complexity index is 990. The maximum absolute atomic E-state index is 12.3. The van der Waals surface area contributed by atoms with Gasteiger partial charge in [-0.05, 0) is 29.8 Å². The summed E-state index contributed by atoms with van der Waals surface area (Å²) in [5.41, 5.74) is 2.46. The van der Waals surface area contributed by atoms with E-state index in [1.165, 1.54) is 11.3 Å². The Morgan fingerprint density at radius 2 is 1.92 bits per heavy atom. The molecule has 0 saturated heterocycles. The smallest absolute Gasteiger partial charge is 0.280 e. The fraction of sp³-hybridized carbons (Fsp3) is 0.100. The molecule has 130 valence electrons. The van der Waals surface area contributed by atoms with Crippen molar-refractivity contribution in [1.82, 2.24) is 10.3 Å². The highest BCUT2D eigenvalue weighted by Crippen LogP contribution is 2.23. The topological polar surface area (TPSA) is 75.4 Å². The number of nitrogens with zero attached hydrogens (tertiary/aromatic N) is 1. The summed E-state index contributed by atoms with van der Waals surface area (Å²) in [6.45, 7) is 0.120. The van der Waals surface area contributed by atoms with Crippen LogP contribution in [-0.2, 0) is 0 Å². The average molecular weight is 364 g/mol. The van der Waals surface area contributed by atoms with Crippen molar-refractivity contribution in [3.05, 3.63) is 77.5 Å². The number of hydrogen-bond acceptors (Lipinski definition) is 5. The predicted molar refractivity (Wildman–Crippen MR) is 101 cm³/mol. The highest BCUT2D eigenvalue weighted by atomic mass is 32.1. The second kappa shape index (κ2) is 7.11. The summed E-state index contributed by atoms with van der Waals surface area (Å²) in [6, 6.07) is 18.7. The van der Waals surface area contributed by atoms with Crippen molar-refractivity contribution in [2.75, 3.05) is 6.54 Å². The van der Waals surface area contributed by atoms with E-state index < -0.39 is 6.10 Å². The molecular formula is C20H16N2O3S. The zero-order valence-corrected chi connectivity index (χ0v) is 14.6. The molecule has 0 bridgehead atoms. The normalized spacial score (nSPS) is 12.2. The molecule has 5 nitrogen and oxygen atoms in total. The van der Waals surface area contributed by atoms with Crippen LogP contribution in [-0.4, -0.2) is 22.5 Å². The van der Waals surface area contributed by atoms with Gasteiger partial charge in [0.05, 0.1) is 22.6 Å². The Morgan fingerprint density at radius 3 is 2.65 bits per heavy atom. The van der Waals surface area contributed by atoms with Crippen molar-refractivity contribution >= 4 is 27.5 Å². The zero-order valence-electron chi connectivity index (χ0n) is 13.8. The van der Waals surface area contributed by atoms with Crippen LogP contribution < -0.4 is 5.32 Å². The summed E-state index contributed by atoms with van der Waals surface area (Å²) in [5.74, 6) is 0.493. The monoisotopic (exact) mass is 364 g/mol. The zero-order chi connectivity index (χ0) is 17.9. The fourth-order valence-electron chi connectivity index (χ4n) is 2.66. The minimum Gasteiger partial charge on any atom is -0.464 e. The molecule has 2 N–H and O–H groups in total. The van der Waals surface area contributed by atoms with Gasteiger partial charge in [0.15, 0.2) is 5.01 Å². The molecule has 0 aliphatic heterocycles. The number of carbonyl (C=O) groups excluding carboxylic acids is 1. The number of nitrogens with one attached hydrogen (secondary N) is 1. The molecule has 1 unspecified atom stereocenters. The maximum atomic E-state index is 12.3. The van der Waals surface area contributed by atoms with E-state index in [2.05, 4.69) is 10.3 Å². The Labute approximate surface area is 153 Å². The Balaban J connectivity index is 1.40. The second-order valence-electron chi connectivity index (χ2n) is 5.81. The molecule has 0 saturated carbocycles. The number of amides is 1. The number of hydrogen-bond donors (Lipinski definition) is 2. The van der Waals surface area contributed by atoms with E-state index in [0.29, 0.717) is 5.01 Å². The molecule has 4 rings (SSSR count). The van der Waals surface area contributed by atoms with Crippen LogP contribution >= 0.6 is 11.3 Å². The first kappa shape index (κ1) is 16.5. The molecule has 0 aliphatic rings. The molecule has 2 heterocycles. The van der Waals surface area contributed by atoms with Crippen LogP contribution in [0.4, 0.5) is 0 Å². The third kappa shape index (κ3) is 3.37. The number of fused-ring (bicyclic) bond motifs is 1. The van der Waals surface area contributed by atoms with Gasteiger partial charge < -0.3 is 14.8 Å². The number of aliphatic hydroxyl groups is 1. The summed E-state index contributed by atoms with van der Waals surface area (Å²) in [7, 11) is 0. The van der Waals surface area contributed by atoms with Crippen LogP contribution in [0.2, 0.25) is 0 Å². The molecule has 1 atom stereocenters. The largest absolute Gasteiger partial charge is 0.464 e. The van der Waals surface area contributed by atoms with Gasteiger partial charge in [0.2, 0.25) is 0 Å². The lowest BCUT2D eigenvalue weighted by molar-refractivity contribution is 0.0916. The number of furan rings is 1. The van der Waals surface area contributed by atoms with Gasteiger partial charge in [-0.25, -0.2) is 4.98 Å². The van der Waals surface area contributed by atoms with Crippen LogP contribution in [0.3, 0.4) is 0 Å². The van der Waals surface area contributed by atoms with Crippen molar-refractivity contribution in [2.45, 2.75) is 6.10 Å². The number of benzene rings is 2. The van der Waals surface area contributed by atoms with Crippen molar-refractivity contribution in [3.63, 3.8) is 0 Å². The van der Waals surface area contributed by atoms with E-state index in [4.69, 9.17) is 4.42 Å². The SMILES string of the molecule is O=C(NCC(O)c1ccc(-c2ccco2)cc1)c1nc2ccccc2s1. The number of aromatic nitrogens is 1. The molecule has 0 fully saturated rings. The lowest BCUT2D eigenvalue weighted by Crippen LogP contribution is -2.28. The first-order valence-corrected chi connectivity index (χ1v) is 8.98. The van der Waals surface area contributed by atoms with Crippen LogP contribution in [0.25, 0.3) is 21.5 Å². The molecule has 1 amide bonds. The maximum Gasteiger partial charge on any atom is 0.280 e. The predicted octanol–water partition coefficient (Wildman–Crippen LogP) is 4.02. The quantitative estimate of drug-likeness (QED) is 0.561. The average Bonchev–Trinajstić information content (AvgIpc) is 3.35. The van der Waals surface area contributed by atoms with Gasteiger partial charge in [-0.2, -0.15) is 0 Å². The van der Waals surface area contributed by atoms with Gasteiger partial charge in [-0.1, -0.05) is 36.4 Å². The van der Waals surface area contributed by atoms with Gasteiger partial charge in [-0.15, -0.1) is 11.3 Å². The third-order valence-electron chi connectivity index (χ3n) is 4.05.